The summed E-state index contributed by atoms with van der Waals surface area (Å²) in [7, 11) is 2.86. The minimum atomic E-state index is -4.71. The Hall–Kier alpha value is -5.53. The van der Waals surface area contributed by atoms with Crippen LogP contribution < -0.4 is 15.5 Å². The molecule has 0 saturated carbocycles. The number of esters is 1. The Morgan fingerprint density at radius 3 is 2.49 bits per heavy atom. The van der Waals surface area contributed by atoms with Crippen molar-refractivity contribution in [1.29, 1.82) is 0 Å². The first-order valence-corrected chi connectivity index (χ1v) is 12.9. The number of para-hydroxylation sites is 1. The fourth-order valence-corrected chi connectivity index (χ4v) is 4.33. The second kappa shape index (κ2) is 12.1. The number of hydrogen-bond donors (Lipinski definition) is 3. The lowest BCUT2D eigenvalue weighted by Gasteiger charge is -2.27. The van der Waals surface area contributed by atoms with Gasteiger partial charge in [-0.05, 0) is 48.5 Å². The number of carbonyl (C=O) groups is 2. The van der Waals surface area contributed by atoms with Crippen LogP contribution in [0, 0.1) is 0 Å². The molecule has 0 aliphatic heterocycles. The highest BCUT2D eigenvalue weighted by Crippen LogP contribution is 2.30. The maximum atomic E-state index is 13.4. The number of H-pyrrole nitrogens is 1. The van der Waals surface area contributed by atoms with Gasteiger partial charge in [0.1, 0.15) is 11.7 Å². The molecule has 14 heteroatoms. The van der Waals surface area contributed by atoms with E-state index in [9.17, 15) is 22.8 Å². The minimum absolute atomic E-state index is 0.243. The topological polar surface area (TPSA) is 138 Å². The van der Waals surface area contributed by atoms with Crippen LogP contribution in [0.5, 0.6) is 0 Å². The van der Waals surface area contributed by atoms with Gasteiger partial charge in [-0.25, -0.2) is 24.7 Å². The van der Waals surface area contributed by atoms with Crippen LogP contribution in [0.4, 0.5) is 30.8 Å². The van der Waals surface area contributed by atoms with Crippen molar-refractivity contribution in [3.63, 3.8) is 0 Å². The molecule has 0 fully saturated rings. The van der Waals surface area contributed by atoms with Crippen molar-refractivity contribution in [2.75, 3.05) is 30.9 Å². The summed E-state index contributed by atoms with van der Waals surface area (Å²) in [6.07, 6.45) is -2.11. The van der Waals surface area contributed by atoms with Crippen molar-refractivity contribution in [2.24, 2.45) is 0 Å². The first-order valence-electron chi connectivity index (χ1n) is 12.9. The van der Waals surface area contributed by atoms with Crippen molar-refractivity contribution in [3.05, 3.63) is 90.4 Å². The van der Waals surface area contributed by atoms with Gasteiger partial charge in [-0.3, -0.25) is 4.79 Å². The Balaban J connectivity index is 1.43. The number of nitrogens with zero attached hydrogens (tertiary/aromatic N) is 5. The molecule has 43 heavy (non-hydrogen) atoms. The molecular formula is C29H25F3N8O3. The van der Waals surface area contributed by atoms with E-state index in [4.69, 9.17) is 4.74 Å². The standard InChI is InChI=1S/C29H25F3N8O3/c1-33-27-34-12-10-21(38-27)22-15-18-14-17(8-9-20(18)36-22)25(41)37-23(26(42)43-2)16-40(19-6-4-3-5-7-19)28-35-13-11-24(39-28)29(30,31)32/h3-15,23,36H,16H2,1-2H3,(H,37,41)(H,33,34,38)/t23-/m0/s1. The fourth-order valence-electron chi connectivity index (χ4n) is 4.33. The van der Waals surface area contributed by atoms with Gasteiger partial charge in [0.05, 0.1) is 25.0 Å². The number of methoxy groups -OCH3 is 1. The summed E-state index contributed by atoms with van der Waals surface area (Å²) in [5.74, 6) is -1.27. The van der Waals surface area contributed by atoms with Gasteiger partial charge in [0.25, 0.3) is 5.91 Å². The normalized spacial score (nSPS) is 12.0. The minimum Gasteiger partial charge on any atom is -0.467 e. The number of anilines is 3. The summed E-state index contributed by atoms with van der Waals surface area (Å²) in [6, 6.07) is 16.3. The molecule has 3 N–H and O–H groups in total. The van der Waals surface area contributed by atoms with Gasteiger partial charge in [0, 0.05) is 41.6 Å². The number of rotatable bonds is 9. The molecule has 0 radical (unpaired) electrons. The Kier molecular flexibility index (Phi) is 8.18. The van der Waals surface area contributed by atoms with E-state index < -0.39 is 29.8 Å². The molecule has 5 rings (SSSR count). The van der Waals surface area contributed by atoms with E-state index in [2.05, 4.69) is 35.6 Å². The summed E-state index contributed by atoms with van der Waals surface area (Å²) in [6.45, 7) is -0.318. The number of fused-ring (bicyclic) bond motifs is 1. The zero-order valence-corrected chi connectivity index (χ0v) is 22.9. The molecule has 2 aromatic carbocycles. The molecule has 220 valence electrons. The highest BCUT2D eigenvalue weighted by Gasteiger charge is 2.34. The quantitative estimate of drug-likeness (QED) is 0.211. The summed E-state index contributed by atoms with van der Waals surface area (Å²) >= 11 is 0. The maximum Gasteiger partial charge on any atom is 0.433 e. The van der Waals surface area contributed by atoms with E-state index in [1.807, 2.05) is 6.07 Å². The van der Waals surface area contributed by atoms with E-state index in [0.29, 0.717) is 28.4 Å². The lowest BCUT2D eigenvalue weighted by molar-refractivity contribution is -0.143. The van der Waals surface area contributed by atoms with Gasteiger partial charge in [-0.2, -0.15) is 13.2 Å². The highest BCUT2D eigenvalue weighted by atomic mass is 19.4. The molecule has 0 bridgehead atoms. The van der Waals surface area contributed by atoms with Crippen LogP contribution >= 0.6 is 0 Å². The molecule has 5 aromatic rings. The Bertz CT molecular complexity index is 1760. The summed E-state index contributed by atoms with van der Waals surface area (Å²) in [5, 5.41) is 6.24. The van der Waals surface area contributed by atoms with Crippen molar-refractivity contribution in [2.45, 2.75) is 12.2 Å². The Labute approximate surface area is 243 Å². The highest BCUT2D eigenvalue weighted by molar-refractivity contribution is 6.00. The molecule has 0 unspecified atom stereocenters. The molecule has 1 atom stereocenters. The molecule has 0 aliphatic carbocycles. The number of aromatic nitrogens is 5. The number of amides is 1. The van der Waals surface area contributed by atoms with Crippen LogP contribution in [0.15, 0.2) is 79.1 Å². The number of carbonyl (C=O) groups excluding carboxylic acids is 2. The molecule has 0 spiro atoms. The van der Waals surface area contributed by atoms with Crippen molar-refractivity contribution in [3.8, 4) is 11.4 Å². The fraction of sp³-hybridized carbons (Fsp3) is 0.172. The van der Waals surface area contributed by atoms with Gasteiger partial charge in [0.2, 0.25) is 11.9 Å². The van der Waals surface area contributed by atoms with Crippen LogP contribution in [0.25, 0.3) is 22.3 Å². The molecule has 1 amide bonds. The molecular weight excluding hydrogens is 565 g/mol. The van der Waals surface area contributed by atoms with Crippen LogP contribution in [0.1, 0.15) is 16.1 Å². The predicted octanol–water partition coefficient (Wildman–Crippen LogP) is 4.59. The van der Waals surface area contributed by atoms with Crippen LogP contribution in [0.2, 0.25) is 0 Å². The number of alkyl halides is 3. The SMILES string of the molecule is CNc1nccc(-c2cc3cc(C(=O)N[C@@H](CN(c4ccccc4)c4nccc(C(F)(F)F)n4)C(=O)OC)ccc3[nH]2)n1. The van der Waals surface area contributed by atoms with Gasteiger partial charge in [0.15, 0.2) is 0 Å². The van der Waals surface area contributed by atoms with E-state index in [0.717, 1.165) is 24.9 Å². The first-order chi connectivity index (χ1) is 20.7. The lowest BCUT2D eigenvalue weighted by Crippen LogP contribution is -2.48. The first kappa shape index (κ1) is 29.0. The van der Waals surface area contributed by atoms with Crippen LogP contribution in [-0.4, -0.2) is 63.5 Å². The largest absolute Gasteiger partial charge is 0.467 e. The summed E-state index contributed by atoms with van der Waals surface area (Å²) in [5.41, 5.74) is 1.59. The lowest BCUT2D eigenvalue weighted by atomic mass is 10.1. The molecule has 0 aliphatic rings. The van der Waals surface area contributed by atoms with Gasteiger partial charge in [-0.1, -0.05) is 18.2 Å². The molecule has 3 heterocycles. The van der Waals surface area contributed by atoms with Crippen molar-refractivity contribution >= 4 is 40.4 Å². The second-order valence-electron chi connectivity index (χ2n) is 9.24. The van der Waals surface area contributed by atoms with Crippen LogP contribution in [-0.2, 0) is 15.7 Å². The number of halogens is 3. The smallest absolute Gasteiger partial charge is 0.433 e. The Morgan fingerprint density at radius 2 is 1.77 bits per heavy atom. The zero-order chi connectivity index (χ0) is 30.6. The van der Waals surface area contributed by atoms with Gasteiger partial charge in [-0.15, -0.1) is 0 Å². The summed E-state index contributed by atoms with van der Waals surface area (Å²) in [4.78, 5) is 47.0. The van der Waals surface area contributed by atoms with Crippen LogP contribution in [0.3, 0.4) is 0 Å². The second-order valence-corrected chi connectivity index (χ2v) is 9.24. The third-order valence-electron chi connectivity index (χ3n) is 6.44. The number of hydrogen-bond acceptors (Lipinski definition) is 9. The molecule has 3 aromatic heterocycles. The molecule has 11 nitrogen and oxygen atoms in total. The number of nitrogens with one attached hydrogen (secondary N) is 3. The monoisotopic (exact) mass is 590 g/mol. The number of aromatic amines is 1. The number of benzene rings is 2. The zero-order valence-electron chi connectivity index (χ0n) is 22.9. The average molecular weight is 591 g/mol. The average Bonchev–Trinajstić information content (AvgIpc) is 3.46. The van der Waals surface area contributed by atoms with Crippen molar-refractivity contribution < 1.29 is 27.5 Å². The van der Waals surface area contributed by atoms with E-state index in [-0.39, 0.29) is 18.1 Å². The van der Waals surface area contributed by atoms with E-state index in [1.54, 1.807) is 67.8 Å². The third-order valence-corrected chi connectivity index (χ3v) is 6.44. The maximum absolute atomic E-state index is 13.4. The third kappa shape index (κ3) is 6.53. The van der Waals surface area contributed by atoms with Gasteiger partial charge < -0.3 is 25.3 Å². The van der Waals surface area contributed by atoms with E-state index >= 15 is 0 Å². The van der Waals surface area contributed by atoms with Crippen molar-refractivity contribution in [1.82, 2.24) is 30.2 Å². The summed E-state index contributed by atoms with van der Waals surface area (Å²) < 4.78 is 45.2. The van der Waals surface area contributed by atoms with Gasteiger partial charge >= 0.3 is 12.1 Å². The van der Waals surface area contributed by atoms with E-state index in [1.165, 1.54) is 4.90 Å². The Morgan fingerprint density at radius 1 is 1.00 bits per heavy atom. The predicted molar refractivity (Wildman–Crippen MR) is 153 cm³/mol. The molecule has 0 saturated heterocycles. The number of ether oxygens (including phenoxy) is 1.